The highest BCUT2D eigenvalue weighted by atomic mass is 35.5. The molecule has 0 aliphatic carbocycles. The minimum Gasteiger partial charge on any atom is -0.328 e. The average Bonchev–Trinajstić information content (AvgIpc) is 2.19. The van der Waals surface area contributed by atoms with Gasteiger partial charge in [0.1, 0.15) is 6.17 Å². The highest BCUT2D eigenvalue weighted by Crippen LogP contribution is 2.04. The lowest BCUT2D eigenvalue weighted by Crippen LogP contribution is -2.13. The van der Waals surface area contributed by atoms with Crippen LogP contribution in [0.3, 0.4) is 0 Å². The lowest BCUT2D eigenvalue weighted by Gasteiger charge is -1.98. The average molecular weight is 216 g/mol. The van der Waals surface area contributed by atoms with Crippen LogP contribution in [-0.2, 0) is 0 Å². The maximum Gasteiger partial charge on any atom is 0.116 e. The molecule has 2 N–H and O–H groups in total. The SMILES string of the molecule is Cl.NCC(F)C/C=C/c1ccccc1. The van der Waals surface area contributed by atoms with Gasteiger partial charge >= 0.3 is 0 Å². The maximum atomic E-state index is 12.7. The van der Waals surface area contributed by atoms with Crippen LogP contribution in [0, 0.1) is 0 Å². The molecule has 1 aromatic rings. The van der Waals surface area contributed by atoms with E-state index in [0.717, 1.165) is 5.56 Å². The predicted molar refractivity (Wildman–Crippen MR) is 61.3 cm³/mol. The number of hydrogen-bond acceptors (Lipinski definition) is 1. The lowest BCUT2D eigenvalue weighted by molar-refractivity contribution is 0.345. The topological polar surface area (TPSA) is 26.0 Å². The summed E-state index contributed by atoms with van der Waals surface area (Å²) in [7, 11) is 0. The molecule has 1 nitrogen and oxygen atoms in total. The molecule has 0 heterocycles. The van der Waals surface area contributed by atoms with E-state index in [9.17, 15) is 4.39 Å². The summed E-state index contributed by atoms with van der Waals surface area (Å²) in [6, 6.07) is 9.82. The molecular weight excluding hydrogens is 201 g/mol. The van der Waals surface area contributed by atoms with Gasteiger partial charge in [0.25, 0.3) is 0 Å². The van der Waals surface area contributed by atoms with E-state index in [1.54, 1.807) is 0 Å². The van der Waals surface area contributed by atoms with Gasteiger partial charge in [-0.25, -0.2) is 4.39 Å². The normalized spacial score (nSPS) is 12.4. The molecular formula is C11H15ClFN. The van der Waals surface area contributed by atoms with E-state index >= 15 is 0 Å². The molecule has 14 heavy (non-hydrogen) atoms. The highest BCUT2D eigenvalue weighted by Gasteiger charge is 1.97. The van der Waals surface area contributed by atoms with E-state index in [-0.39, 0.29) is 19.0 Å². The Hall–Kier alpha value is -0.860. The van der Waals surface area contributed by atoms with E-state index < -0.39 is 6.17 Å². The standard InChI is InChI=1S/C11H14FN.ClH/c12-11(9-13)8-4-7-10-5-2-1-3-6-10;/h1-7,11H,8-9,13H2;1H/b7-4+;. The molecule has 78 valence electrons. The molecule has 0 spiro atoms. The molecule has 1 aromatic carbocycles. The van der Waals surface area contributed by atoms with Crippen LogP contribution in [0.1, 0.15) is 12.0 Å². The predicted octanol–water partition coefficient (Wildman–Crippen LogP) is 2.81. The van der Waals surface area contributed by atoms with Gasteiger partial charge in [-0.15, -0.1) is 12.4 Å². The van der Waals surface area contributed by atoms with Crippen molar-refractivity contribution in [1.29, 1.82) is 0 Å². The molecule has 0 aromatic heterocycles. The number of allylic oxidation sites excluding steroid dienone is 1. The minimum atomic E-state index is -0.917. The number of hydrogen-bond donors (Lipinski definition) is 1. The van der Waals surface area contributed by atoms with Crippen molar-refractivity contribution in [2.75, 3.05) is 6.54 Å². The Kier molecular flexibility index (Phi) is 7.07. The van der Waals surface area contributed by atoms with Gasteiger partial charge in [0.15, 0.2) is 0 Å². The zero-order valence-corrected chi connectivity index (χ0v) is 8.71. The molecule has 3 heteroatoms. The van der Waals surface area contributed by atoms with Crippen molar-refractivity contribution in [3.8, 4) is 0 Å². The summed E-state index contributed by atoms with van der Waals surface area (Å²) in [6.07, 6.45) is 3.19. The monoisotopic (exact) mass is 215 g/mol. The van der Waals surface area contributed by atoms with E-state index in [2.05, 4.69) is 0 Å². The summed E-state index contributed by atoms with van der Waals surface area (Å²) >= 11 is 0. The molecule has 1 atom stereocenters. The van der Waals surface area contributed by atoms with Gasteiger partial charge < -0.3 is 5.73 Å². The number of benzene rings is 1. The first-order chi connectivity index (χ1) is 6.33. The molecule has 0 saturated heterocycles. The first kappa shape index (κ1) is 13.1. The summed E-state index contributed by atoms with van der Waals surface area (Å²) in [4.78, 5) is 0. The molecule has 1 rings (SSSR count). The number of alkyl halides is 1. The smallest absolute Gasteiger partial charge is 0.116 e. The fourth-order valence-corrected chi connectivity index (χ4v) is 1.01. The first-order valence-corrected chi connectivity index (χ1v) is 4.38. The van der Waals surface area contributed by atoms with Crippen LogP contribution in [0.2, 0.25) is 0 Å². The Morgan fingerprint density at radius 1 is 1.29 bits per heavy atom. The van der Waals surface area contributed by atoms with Crippen molar-refractivity contribution in [1.82, 2.24) is 0 Å². The summed E-state index contributed by atoms with van der Waals surface area (Å²) in [6.45, 7) is 0.0964. The van der Waals surface area contributed by atoms with E-state index in [1.165, 1.54) is 0 Å². The second-order valence-corrected chi connectivity index (χ2v) is 2.88. The van der Waals surface area contributed by atoms with Crippen molar-refractivity contribution in [2.24, 2.45) is 5.73 Å². The van der Waals surface area contributed by atoms with Crippen LogP contribution in [0.25, 0.3) is 6.08 Å². The van der Waals surface area contributed by atoms with Crippen LogP contribution < -0.4 is 5.73 Å². The maximum absolute atomic E-state index is 12.7. The van der Waals surface area contributed by atoms with Gasteiger partial charge in [-0.1, -0.05) is 42.5 Å². The minimum absolute atomic E-state index is 0. The summed E-state index contributed by atoms with van der Waals surface area (Å²) < 4.78 is 12.7. The zero-order chi connectivity index (χ0) is 9.52. The third kappa shape index (κ3) is 5.00. The quantitative estimate of drug-likeness (QED) is 0.821. The van der Waals surface area contributed by atoms with Crippen molar-refractivity contribution >= 4 is 18.5 Å². The Balaban J connectivity index is 0.00000169. The summed E-state index contributed by atoms with van der Waals surface area (Å²) in [5.41, 5.74) is 6.23. The Bertz CT molecular complexity index is 261. The number of halogens is 2. The van der Waals surface area contributed by atoms with Crippen LogP contribution in [0.4, 0.5) is 4.39 Å². The Labute approximate surface area is 90.2 Å². The van der Waals surface area contributed by atoms with Crippen LogP contribution in [0.15, 0.2) is 36.4 Å². The van der Waals surface area contributed by atoms with Gasteiger partial charge in [0.05, 0.1) is 0 Å². The molecule has 0 aliphatic rings. The van der Waals surface area contributed by atoms with Crippen LogP contribution in [-0.4, -0.2) is 12.7 Å². The van der Waals surface area contributed by atoms with Crippen molar-refractivity contribution < 1.29 is 4.39 Å². The van der Waals surface area contributed by atoms with E-state index in [0.29, 0.717) is 6.42 Å². The van der Waals surface area contributed by atoms with Gasteiger partial charge in [-0.05, 0) is 12.0 Å². The second kappa shape index (κ2) is 7.54. The number of nitrogens with two attached hydrogens (primary N) is 1. The molecule has 0 saturated carbocycles. The fourth-order valence-electron chi connectivity index (χ4n) is 1.01. The Morgan fingerprint density at radius 2 is 1.93 bits per heavy atom. The zero-order valence-electron chi connectivity index (χ0n) is 7.90. The van der Waals surface area contributed by atoms with E-state index in [4.69, 9.17) is 5.73 Å². The first-order valence-electron chi connectivity index (χ1n) is 4.38. The molecule has 0 aliphatic heterocycles. The molecule has 0 amide bonds. The highest BCUT2D eigenvalue weighted by molar-refractivity contribution is 5.85. The van der Waals surface area contributed by atoms with Crippen LogP contribution >= 0.6 is 12.4 Å². The second-order valence-electron chi connectivity index (χ2n) is 2.88. The summed E-state index contributed by atoms with van der Waals surface area (Å²) in [5, 5.41) is 0. The largest absolute Gasteiger partial charge is 0.328 e. The van der Waals surface area contributed by atoms with Gasteiger partial charge in [-0.2, -0.15) is 0 Å². The van der Waals surface area contributed by atoms with Gasteiger partial charge in [-0.3, -0.25) is 0 Å². The molecule has 1 unspecified atom stereocenters. The van der Waals surface area contributed by atoms with Crippen LogP contribution in [0.5, 0.6) is 0 Å². The van der Waals surface area contributed by atoms with E-state index in [1.807, 2.05) is 42.5 Å². The molecule has 0 radical (unpaired) electrons. The van der Waals surface area contributed by atoms with Crippen molar-refractivity contribution in [3.05, 3.63) is 42.0 Å². The Morgan fingerprint density at radius 3 is 2.50 bits per heavy atom. The lowest BCUT2D eigenvalue weighted by atomic mass is 10.2. The third-order valence-electron chi connectivity index (χ3n) is 1.76. The number of rotatable bonds is 4. The summed E-state index contributed by atoms with van der Waals surface area (Å²) in [5.74, 6) is 0. The van der Waals surface area contributed by atoms with Gasteiger partial charge in [0, 0.05) is 6.54 Å². The fraction of sp³-hybridized carbons (Fsp3) is 0.273. The molecule has 0 bridgehead atoms. The van der Waals surface area contributed by atoms with Crippen molar-refractivity contribution in [3.63, 3.8) is 0 Å². The van der Waals surface area contributed by atoms with Gasteiger partial charge in [0.2, 0.25) is 0 Å². The third-order valence-corrected chi connectivity index (χ3v) is 1.76. The van der Waals surface area contributed by atoms with Crippen molar-refractivity contribution in [2.45, 2.75) is 12.6 Å². The molecule has 0 fully saturated rings.